The van der Waals surface area contributed by atoms with Gasteiger partial charge in [0.2, 0.25) is 0 Å². The first-order chi connectivity index (χ1) is 12.0. The summed E-state index contributed by atoms with van der Waals surface area (Å²) in [7, 11) is 1.53. The zero-order valence-corrected chi connectivity index (χ0v) is 14.6. The molecule has 1 N–H and O–H groups in total. The minimum absolute atomic E-state index is 0.0575. The van der Waals surface area contributed by atoms with Gasteiger partial charge in [-0.3, -0.25) is 9.48 Å². The van der Waals surface area contributed by atoms with Crippen LogP contribution in [0.15, 0.2) is 30.5 Å². The molecule has 3 rings (SSSR count). The normalized spacial score (nSPS) is 20.7. The molecule has 2 atom stereocenters. The summed E-state index contributed by atoms with van der Waals surface area (Å²) < 4.78 is 27.4. The van der Waals surface area contributed by atoms with Crippen LogP contribution in [0.3, 0.4) is 0 Å². The molecule has 1 aromatic carbocycles. The van der Waals surface area contributed by atoms with Crippen LogP contribution >= 0.6 is 11.6 Å². The number of carbonyl (C=O) groups is 1. The van der Waals surface area contributed by atoms with Crippen molar-refractivity contribution in [3.05, 3.63) is 52.3 Å². The third-order valence-electron chi connectivity index (χ3n) is 4.69. The van der Waals surface area contributed by atoms with Crippen molar-refractivity contribution in [3.63, 3.8) is 0 Å². The first-order valence-corrected chi connectivity index (χ1v) is 8.71. The van der Waals surface area contributed by atoms with Crippen molar-refractivity contribution in [3.8, 4) is 0 Å². The quantitative estimate of drug-likeness (QED) is 0.866. The van der Waals surface area contributed by atoms with Crippen molar-refractivity contribution in [1.82, 2.24) is 15.1 Å². The van der Waals surface area contributed by atoms with E-state index in [1.807, 2.05) is 24.3 Å². The molecule has 0 radical (unpaired) electrons. The Bertz CT molecular complexity index is 745. The molecule has 0 bridgehead atoms. The van der Waals surface area contributed by atoms with Gasteiger partial charge in [0, 0.05) is 30.2 Å². The molecule has 1 amide bonds. The maximum atomic E-state index is 13.1. The fraction of sp³-hybridized carbons (Fsp3) is 0.444. The number of benzene rings is 1. The van der Waals surface area contributed by atoms with E-state index in [1.165, 1.54) is 17.9 Å². The predicted octanol–water partition coefficient (Wildman–Crippen LogP) is 4.47. The highest BCUT2D eigenvalue weighted by Gasteiger charge is 2.30. The maximum Gasteiger partial charge on any atom is 0.282 e. The molecule has 7 heteroatoms. The van der Waals surface area contributed by atoms with Gasteiger partial charge < -0.3 is 5.32 Å². The standard InChI is InChI=1S/C18H20ClF2N3O/c1-24-10-14(16(23-24)17(20)21)18(25)22-15-5-3-2-4-13(15)11-6-8-12(19)9-7-11/h6-10,13,15,17H,2-5H2,1H3,(H,22,25)/t13-,15-/m0/s1. The molecule has 0 spiro atoms. The highest BCUT2D eigenvalue weighted by molar-refractivity contribution is 6.30. The number of nitrogens with one attached hydrogen (secondary N) is 1. The smallest absolute Gasteiger partial charge is 0.282 e. The molecule has 1 aromatic heterocycles. The number of alkyl halides is 2. The second-order valence-electron chi connectivity index (χ2n) is 6.42. The summed E-state index contributed by atoms with van der Waals surface area (Å²) in [4.78, 5) is 12.6. The second kappa shape index (κ2) is 7.52. The molecular weight excluding hydrogens is 348 g/mol. The van der Waals surface area contributed by atoms with Crippen LogP contribution in [0.5, 0.6) is 0 Å². The van der Waals surface area contributed by atoms with Crippen LogP contribution in [-0.4, -0.2) is 21.7 Å². The number of nitrogens with zero attached hydrogens (tertiary/aromatic N) is 2. The van der Waals surface area contributed by atoms with E-state index in [4.69, 9.17) is 11.6 Å². The Hall–Kier alpha value is -1.95. The average Bonchev–Trinajstić information content (AvgIpc) is 2.99. The lowest BCUT2D eigenvalue weighted by Gasteiger charge is -2.32. The first-order valence-electron chi connectivity index (χ1n) is 8.33. The van der Waals surface area contributed by atoms with Crippen molar-refractivity contribution >= 4 is 17.5 Å². The minimum Gasteiger partial charge on any atom is -0.349 e. The van der Waals surface area contributed by atoms with E-state index in [1.54, 1.807) is 0 Å². The van der Waals surface area contributed by atoms with E-state index >= 15 is 0 Å². The Morgan fingerprint density at radius 2 is 1.96 bits per heavy atom. The fourth-order valence-corrected chi connectivity index (χ4v) is 3.63. The molecule has 0 saturated heterocycles. The summed E-state index contributed by atoms with van der Waals surface area (Å²) in [6.45, 7) is 0. The molecular formula is C18H20ClF2N3O. The molecule has 0 aliphatic heterocycles. The highest BCUT2D eigenvalue weighted by Crippen LogP contribution is 2.34. The maximum absolute atomic E-state index is 13.1. The average molecular weight is 368 g/mol. The number of halogens is 3. The summed E-state index contributed by atoms with van der Waals surface area (Å²) in [5.41, 5.74) is 0.575. The number of carbonyl (C=O) groups excluding carboxylic acids is 1. The van der Waals surface area contributed by atoms with Crippen molar-refractivity contribution in [2.45, 2.75) is 44.1 Å². The Labute approximate surface area is 150 Å². The first kappa shape index (κ1) is 17.9. The zero-order chi connectivity index (χ0) is 18.0. The van der Waals surface area contributed by atoms with Gasteiger partial charge in [-0.1, -0.05) is 36.6 Å². The number of rotatable bonds is 4. The minimum atomic E-state index is -2.78. The number of aryl methyl sites for hydroxylation is 1. The number of aromatic nitrogens is 2. The van der Waals surface area contributed by atoms with E-state index in [0.29, 0.717) is 5.02 Å². The molecule has 1 aliphatic rings. The van der Waals surface area contributed by atoms with Crippen LogP contribution in [0.2, 0.25) is 5.02 Å². The molecule has 134 valence electrons. The number of hydrogen-bond donors (Lipinski definition) is 1. The second-order valence-corrected chi connectivity index (χ2v) is 6.86. The van der Waals surface area contributed by atoms with Crippen molar-refractivity contribution in [2.24, 2.45) is 7.05 Å². The van der Waals surface area contributed by atoms with Gasteiger partial charge in [-0.05, 0) is 30.5 Å². The fourth-order valence-electron chi connectivity index (χ4n) is 3.50. The van der Waals surface area contributed by atoms with Crippen LogP contribution in [0, 0.1) is 0 Å². The zero-order valence-electron chi connectivity index (χ0n) is 13.9. The third-order valence-corrected chi connectivity index (χ3v) is 4.94. The van der Waals surface area contributed by atoms with Gasteiger partial charge in [0.1, 0.15) is 5.69 Å². The predicted molar refractivity (Wildman–Crippen MR) is 92.1 cm³/mol. The molecule has 4 nitrogen and oxygen atoms in total. The SMILES string of the molecule is Cn1cc(C(=O)N[C@H]2CCCC[C@H]2c2ccc(Cl)cc2)c(C(F)F)n1. The molecule has 25 heavy (non-hydrogen) atoms. The van der Waals surface area contributed by atoms with Crippen molar-refractivity contribution in [2.75, 3.05) is 0 Å². The lowest BCUT2D eigenvalue weighted by molar-refractivity contribution is 0.0906. The Morgan fingerprint density at radius 3 is 2.64 bits per heavy atom. The molecule has 2 aromatic rings. The van der Waals surface area contributed by atoms with Gasteiger partial charge >= 0.3 is 0 Å². The third kappa shape index (κ3) is 4.00. The van der Waals surface area contributed by atoms with Crippen molar-refractivity contribution < 1.29 is 13.6 Å². The Balaban J connectivity index is 1.80. The van der Waals surface area contributed by atoms with Crippen molar-refractivity contribution in [1.29, 1.82) is 0 Å². The molecule has 0 unspecified atom stereocenters. The van der Waals surface area contributed by atoms with Gasteiger partial charge in [0.15, 0.2) is 0 Å². The Kier molecular flexibility index (Phi) is 5.37. The van der Waals surface area contributed by atoms with E-state index in [0.717, 1.165) is 31.2 Å². The summed E-state index contributed by atoms with van der Waals surface area (Å²) in [6, 6.07) is 7.51. The lowest BCUT2D eigenvalue weighted by Crippen LogP contribution is -2.41. The van der Waals surface area contributed by atoms with Gasteiger partial charge in [-0.2, -0.15) is 5.10 Å². The van der Waals surface area contributed by atoms with E-state index in [-0.39, 0.29) is 17.5 Å². The van der Waals surface area contributed by atoms with Crippen LogP contribution in [-0.2, 0) is 7.05 Å². The van der Waals surface area contributed by atoms with Crippen LogP contribution in [0.4, 0.5) is 8.78 Å². The summed E-state index contributed by atoms with van der Waals surface area (Å²) in [5.74, 6) is -0.337. The largest absolute Gasteiger partial charge is 0.349 e. The molecule has 1 saturated carbocycles. The van der Waals surface area contributed by atoms with Crippen LogP contribution < -0.4 is 5.32 Å². The lowest BCUT2D eigenvalue weighted by atomic mass is 9.80. The van der Waals surface area contributed by atoms with Gasteiger partial charge in [0.25, 0.3) is 12.3 Å². The van der Waals surface area contributed by atoms with Gasteiger partial charge in [0.05, 0.1) is 5.56 Å². The van der Waals surface area contributed by atoms with E-state index < -0.39 is 18.0 Å². The van der Waals surface area contributed by atoms with Gasteiger partial charge in [-0.15, -0.1) is 0 Å². The van der Waals surface area contributed by atoms with Gasteiger partial charge in [-0.25, -0.2) is 8.78 Å². The highest BCUT2D eigenvalue weighted by atomic mass is 35.5. The summed E-state index contributed by atoms with van der Waals surface area (Å²) in [5, 5.41) is 7.31. The number of amides is 1. The molecule has 1 aliphatic carbocycles. The molecule has 1 heterocycles. The summed E-state index contributed by atoms with van der Waals surface area (Å²) >= 11 is 5.95. The monoisotopic (exact) mass is 367 g/mol. The topological polar surface area (TPSA) is 46.9 Å². The number of hydrogen-bond acceptors (Lipinski definition) is 2. The Morgan fingerprint density at radius 1 is 1.28 bits per heavy atom. The van der Waals surface area contributed by atoms with E-state index in [2.05, 4.69) is 10.4 Å². The molecule has 1 fully saturated rings. The van der Waals surface area contributed by atoms with E-state index in [9.17, 15) is 13.6 Å². The van der Waals surface area contributed by atoms with Crippen LogP contribution in [0.25, 0.3) is 0 Å². The summed E-state index contributed by atoms with van der Waals surface area (Å²) in [6.07, 6.45) is 2.42. The van der Waals surface area contributed by atoms with Crippen LogP contribution in [0.1, 0.15) is 59.6 Å².